The highest BCUT2D eigenvalue weighted by Crippen LogP contribution is 2.33. The van der Waals surface area contributed by atoms with Crippen LogP contribution in [-0.4, -0.2) is 44.7 Å². The van der Waals surface area contributed by atoms with Gasteiger partial charge >= 0.3 is 5.97 Å². The number of thiazole rings is 1. The molecule has 0 aliphatic heterocycles. The SMILES string of the molecule is COc1ccc(-c2nc(COC(=O)CNC(=O)c3ccccc3OC)cs2)cc1OC. The minimum atomic E-state index is -0.566. The van der Waals surface area contributed by atoms with Crippen molar-refractivity contribution < 1.29 is 28.5 Å². The maximum absolute atomic E-state index is 12.2. The molecule has 0 aliphatic carbocycles. The Morgan fingerprint density at radius 2 is 1.71 bits per heavy atom. The largest absolute Gasteiger partial charge is 0.496 e. The Kier molecular flexibility index (Phi) is 7.45. The molecule has 3 rings (SSSR count). The summed E-state index contributed by atoms with van der Waals surface area (Å²) in [6, 6.07) is 12.3. The summed E-state index contributed by atoms with van der Waals surface area (Å²) in [4.78, 5) is 28.7. The topological polar surface area (TPSA) is 96.0 Å². The Bertz CT molecular complexity index is 1070. The van der Waals surface area contributed by atoms with Crippen LogP contribution in [-0.2, 0) is 16.1 Å². The van der Waals surface area contributed by atoms with E-state index in [0.29, 0.717) is 28.5 Å². The lowest BCUT2D eigenvalue weighted by Gasteiger charge is -2.09. The molecule has 2 aromatic carbocycles. The number of carbonyl (C=O) groups is 2. The number of esters is 1. The molecule has 1 amide bonds. The highest BCUT2D eigenvalue weighted by Gasteiger charge is 2.14. The van der Waals surface area contributed by atoms with Crippen LogP contribution >= 0.6 is 11.3 Å². The summed E-state index contributed by atoms with van der Waals surface area (Å²) in [6.45, 7) is -0.253. The molecular weight excluding hydrogens is 420 g/mol. The number of nitrogens with one attached hydrogen (secondary N) is 1. The number of carbonyl (C=O) groups excluding carboxylic acids is 2. The molecule has 0 aliphatic rings. The van der Waals surface area contributed by atoms with Crippen LogP contribution in [0, 0.1) is 0 Å². The summed E-state index contributed by atoms with van der Waals surface area (Å²) in [6.07, 6.45) is 0. The maximum Gasteiger partial charge on any atom is 0.325 e. The summed E-state index contributed by atoms with van der Waals surface area (Å²) in [5, 5.41) is 5.10. The molecule has 8 nitrogen and oxygen atoms in total. The van der Waals surface area contributed by atoms with E-state index in [1.807, 2.05) is 17.5 Å². The van der Waals surface area contributed by atoms with Gasteiger partial charge < -0.3 is 24.3 Å². The van der Waals surface area contributed by atoms with Crippen LogP contribution in [0.4, 0.5) is 0 Å². The number of methoxy groups -OCH3 is 3. The molecule has 3 aromatic rings. The van der Waals surface area contributed by atoms with Crippen molar-refractivity contribution in [2.45, 2.75) is 6.61 Å². The first-order valence-corrected chi connectivity index (χ1v) is 10.2. The molecule has 1 aromatic heterocycles. The van der Waals surface area contributed by atoms with Crippen LogP contribution in [0.3, 0.4) is 0 Å². The number of amides is 1. The Labute approximate surface area is 183 Å². The summed E-state index contributed by atoms with van der Waals surface area (Å²) < 4.78 is 20.9. The Morgan fingerprint density at radius 1 is 0.968 bits per heavy atom. The maximum atomic E-state index is 12.2. The Hall–Kier alpha value is -3.59. The summed E-state index contributed by atoms with van der Waals surface area (Å²) in [5.74, 6) is 0.683. The molecule has 0 unspecified atom stereocenters. The number of hydrogen-bond donors (Lipinski definition) is 1. The molecular formula is C22H22N2O6S. The van der Waals surface area contributed by atoms with Crippen molar-refractivity contribution >= 4 is 23.2 Å². The van der Waals surface area contributed by atoms with E-state index < -0.39 is 11.9 Å². The van der Waals surface area contributed by atoms with E-state index in [2.05, 4.69) is 10.3 Å². The van der Waals surface area contributed by atoms with Crippen LogP contribution in [0.1, 0.15) is 16.1 Å². The van der Waals surface area contributed by atoms with Crippen molar-refractivity contribution in [1.29, 1.82) is 0 Å². The fraction of sp³-hybridized carbons (Fsp3) is 0.227. The molecule has 0 radical (unpaired) electrons. The second-order valence-corrected chi connectivity index (χ2v) is 7.12. The second-order valence-electron chi connectivity index (χ2n) is 6.26. The molecule has 0 fully saturated rings. The van der Waals surface area contributed by atoms with Gasteiger partial charge in [-0.15, -0.1) is 11.3 Å². The number of aromatic nitrogens is 1. The number of nitrogens with zero attached hydrogens (tertiary/aromatic N) is 1. The lowest BCUT2D eigenvalue weighted by atomic mass is 10.2. The molecule has 31 heavy (non-hydrogen) atoms. The van der Waals surface area contributed by atoms with Gasteiger partial charge in [-0.3, -0.25) is 9.59 Å². The van der Waals surface area contributed by atoms with Gasteiger partial charge in [0.15, 0.2) is 11.5 Å². The fourth-order valence-electron chi connectivity index (χ4n) is 2.76. The van der Waals surface area contributed by atoms with Gasteiger partial charge in [-0.2, -0.15) is 0 Å². The number of rotatable bonds is 9. The number of benzene rings is 2. The van der Waals surface area contributed by atoms with Gasteiger partial charge in [-0.1, -0.05) is 12.1 Å². The molecule has 0 spiro atoms. The zero-order chi connectivity index (χ0) is 22.2. The number of para-hydroxylation sites is 1. The third-order valence-electron chi connectivity index (χ3n) is 4.31. The molecule has 162 valence electrons. The molecule has 0 atom stereocenters. The summed E-state index contributed by atoms with van der Waals surface area (Å²) in [7, 11) is 4.62. The fourth-order valence-corrected chi connectivity index (χ4v) is 3.56. The molecule has 9 heteroatoms. The van der Waals surface area contributed by atoms with Crippen molar-refractivity contribution in [3.05, 3.63) is 59.1 Å². The standard InChI is InChI=1S/C22H22N2O6S/c1-27-17-7-5-4-6-16(17)21(26)23-11-20(25)30-12-15-13-31-22(24-15)14-8-9-18(28-2)19(10-14)29-3/h4-10,13H,11-12H2,1-3H3,(H,23,26). The van der Waals surface area contributed by atoms with E-state index in [1.54, 1.807) is 44.6 Å². The first-order valence-electron chi connectivity index (χ1n) is 9.29. The lowest BCUT2D eigenvalue weighted by molar-refractivity contribution is -0.143. The average molecular weight is 442 g/mol. The van der Waals surface area contributed by atoms with Crippen LogP contribution < -0.4 is 19.5 Å². The van der Waals surface area contributed by atoms with Gasteiger partial charge in [0.1, 0.15) is 23.9 Å². The van der Waals surface area contributed by atoms with Crippen LogP contribution in [0.25, 0.3) is 10.6 Å². The highest BCUT2D eigenvalue weighted by molar-refractivity contribution is 7.13. The average Bonchev–Trinajstić information content (AvgIpc) is 3.29. The van der Waals surface area contributed by atoms with E-state index in [4.69, 9.17) is 18.9 Å². The smallest absolute Gasteiger partial charge is 0.325 e. The molecule has 1 N–H and O–H groups in total. The van der Waals surface area contributed by atoms with E-state index in [1.165, 1.54) is 18.4 Å². The zero-order valence-corrected chi connectivity index (χ0v) is 18.2. The molecule has 0 bridgehead atoms. The van der Waals surface area contributed by atoms with Gasteiger partial charge in [-0.25, -0.2) is 4.98 Å². The van der Waals surface area contributed by atoms with Crippen LogP contribution in [0.5, 0.6) is 17.2 Å². The van der Waals surface area contributed by atoms with E-state index in [0.717, 1.165) is 10.6 Å². The van der Waals surface area contributed by atoms with Crippen LogP contribution in [0.15, 0.2) is 47.8 Å². The number of ether oxygens (including phenoxy) is 4. The Morgan fingerprint density at radius 3 is 2.45 bits per heavy atom. The van der Waals surface area contributed by atoms with Gasteiger partial charge in [0.2, 0.25) is 0 Å². The van der Waals surface area contributed by atoms with E-state index in [-0.39, 0.29) is 13.2 Å². The summed E-state index contributed by atoms with van der Waals surface area (Å²) >= 11 is 1.42. The zero-order valence-electron chi connectivity index (χ0n) is 17.3. The monoisotopic (exact) mass is 442 g/mol. The predicted molar refractivity (Wildman–Crippen MR) is 116 cm³/mol. The quantitative estimate of drug-likeness (QED) is 0.508. The second kappa shape index (κ2) is 10.4. The minimum Gasteiger partial charge on any atom is -0.496 e. The highest BCUT2D eigenvalue weighted by atomic mass is 32.1. The van der Waals surface area contributed by atoms with Gasteiger partial charge in [-0.05, 0) is 30.3 Å². The van der Waals surface area contributed by atoms with E-state index in [9.17, 15) is 9.59 Å². The van der Waals surface area contributed by atoms with Crippen molar-refractivity contribution in [1.82, 2.24) is 10.3 Å². The van der Waals surface area contributed by atoms with Crippen molar-refractivity contribution in [3.8, 4) is 27.8 Å². The van der Waals surface area contributed by atoms with Gasteiger partial charge in [0, 0.05) is 10.9 Å². The van der Waals surface area contributed by atoms with Crippen molar-refractivity contribution in [2.24, 2.45) is 0 Å². The van der Waals surface area contributed by atoms with E-state index >= 15 is 0 Å². The first kappa shape index (κ1) is 22.1. The normalized spacial score (nSPS) is 10.3. The van der Waals surface area contributed by atoms with Gasteiger partial charge in [0.05, 0.1) is 32.6 Å². The summed E-state index contributed by atoms with van der Waals surface area (Å²) in [5.41, 5.74) is 1.82. The lowest BCUT2D eigenvalue weighted by Crippen LogP contribution is -2.30. The Balaban J connectivity index is 1.53. The predicted octanol–water partition coefficient (Wildman–Crippen LogP) is 3.31. The first-order chi connectivity index (χ1) is 15.0. The molecule has 0 saturated carbocycles. The van der Waals surface area contributed by atoms with Crippen molar-refractivity contribution in [3.63, 3.8) is 0 Å². The number of hydrogen-bond acceptors (Lipinski definition) is 8. The molecule has 0 saturated heterocycles. The van der Waals surface area contributed by atoms with Gasteiger partial charge in [0.25, 0.3) is 5.91 Å². The van der Waals surface area contributed by atoms with Crippen molar-refractivity contribution in [2.75, 3.05) is 27.9 Å². The third-order valence-corrected chi connectivity index (χ3v) is 5.25. The minimum absolute atomic E-state index is 0.00709. The molecule has 1 heterocycles. The van der Waals surface area contributed by atoms with Crippen LogP contribution in [0.2, 0.25) is 0 Å². The third kappa shape index (κ3) is 5.52.